The number of thioether (sulfide) groups is 1. The quantitative estimate of drug-likeness (QED) is 0.633. The number of aromatic nitrogens is 2. The number of nitrogens with one attached hydrogen (secondary N) is 2. The fourth-order valence-corrected chi connectivity index (χ4v) is 2.33. The molecule has 1 aromatic carbocycles. The summed E-state index contributed by atoms with van der Waals surface area (Å²) in [6.07, 6.45) is 0. The van der Waals surface area contributed by atoms with E-state index in [2.05, 4.69) is 16.0 Å². The zero-order valence-electron chi connectivity index (χ0n) is 12.7. The Hall–Kier alpha value is -2.61. The largest absolute Gasteiger partial charge is 0.290 e. The third-order valence-corrected chi connectivity index (χ3v) is 3.91. The highest BCUT2D eigenvalue weighted by Gasteiger charge is 2.10. The van der Waals surface area contributed by atoms with Crippen LogP contribution in [-0.2, 0) is 11.8 Å². The van der Waals surface area contributed by atoms with Gasteiger partial charge in [-0.1, -0.05) is 17.7 Å². The lowest BCUT2D eigenvalue weighted by molar-refractivity contribution is -0.119. The van der Waals surface area contributed by atoms with E-state index in [0.717, 1.165) is 15.1 Å². The molecule has 2 amide bonds. The Bertz CT molecular complexity index is 771. The highest BCUT2D eigenvalue weighted by molar-refractivity contribution is 8.00. The lowest BCUT2D eigenvalue weighted by Gasteiger charge is -2.07. The molecule has 23 heavy (non-hydrogen) atoms. The molecule has 0 unspecified atom stereocenters. The Morgan fingerprint density at radius 2 is 1.83 bits per heavy atom. The number of carbonyl (C=O) groups excluding carboxylic acids is 2. The highest BCUT2D eigenvalue weighted by atomic mass is 32.2. The number of hydrogen-bond donors (Lipinski definition) is 2. The smallest absolute Gasteiger partial charge is 0.272 e. The van der Waals surface area contributed by atoms with Crippen LogP contribution in [0.3, 0.4) is 0 Å². The lowest BCUT2D eigenvalue weighted by atomic mass is 10.2. The molecule has 0 aliphatic heterocycles. The zero-order valence-corrected chi connectivity index (χ0v) is 13.5. The molecule has 0 bridgehead atoms. The molecular weight excluding hydrogens is 316 g/mol. The lowest BCUT2D eigenvalue weighted by Crippen LogP contribution is -2.43. The Kier molecular flexibility index (Phi) is 5.53. The Morgan fingerprint density at radius 3 is 2.48 bits per heavy atom. The van der Waals surface area contributed by atoms with Gasteiger partial charge in [0, 0.05) is 18.0 Å². The molecule has 2 rings (SSSR count). The first-order valence-corrected chi connectivity index (χ1v) is 7.77. The summed E-state index contributed by atoms with van der Waals surface area (Å²) in [4.78, 5) is 35.7. The second kappa shape index (κ2) is 7.59. The fraction of sp³-hybridized carbons (Fsp3) is 0.200. The molecule has 1 heterocycles. The van der Waals surface area contributed by atoms with Gasteiger partial charge >= 0.3 is 0 Å². The van der Waals surface area contributed by atoms with Crippen molar-refractivity contribution in [2.75, 3.05) is 5.75 Å². The SMILES string of the molecule is Cc1ccc(SCC(=O)NNC(=O)c2ccc(=O)n(C)n2)cc1. The first-order chi connectivity index (χ1) is 11.0. The molecule has 0 fully saturated rings. The van der Waals surface area contributed by atoms with E-state index in [1.165, 1.54) is 30.9 Å². The molecule has 2 N–H and O–H groups in total. The number of carbonyl (C=O) groups is 2. The van der Waals surface area contributed by atoms with E-state index < -0.39 is 5.91 Å². The molecule has 7 nitrogen and oxygen atoms in total. The first-order valence-electron chi connectivity index (χ1n) is 6.79. The number of nitrogens with zero attached hydrogens (tertiary/aromatic N) is 2. The van der Waals surface area contributed by atoms with E-state index in [-0.39, 0.29) is 22.9 Å². The molecule has 0 saturated carbocycles. The van der Waals surface area contributed by atoms with Crippen molar-refractivity contribution in [1.29, 1.82) is 0 Å². The van der Waals surface area contributed by atoms with E-state index in [0.29, 0.717) is 0 Å². The predicted molar refractivity (Wildman–Crippen MR) is 87.0 cm³/mol. The average molecular weight is 332 g/mol. The van der Waals surface area contributed by atoms with Crippen molar-refractivity contribution in [3.8, 4) is 0 Å². The maximum atomic E-state index is 11.8. The molecule has 0 saturated heterocycles. The Balaban J connectivity index is 1.81. The van der Waals surface area contributed by atoms with Crippen LogP contribution in [0.15, 0.2) is 46.1 Å². The van der Waals surface area contributed by atoms with Crippen LogP contribution >= 0.6 is 11.8 Å². The van der Waals surface area contributed by atoms with Crippen LogP contribution in [-0.4, -0.2) is 27.3 Å². The summed E-state index contributed by atoms with van der Waals surface area (Å²) >= 11 is 1.36. The number of hydrogen-bond acceptors (Lipinski definition) is 5. The van der Waals surface area contributed by atoms with Crippen LogP contribution in [0.2, 0.25) is 0 Å². The van der Waals surface area contributed by atoms with Crippen LogP contribution in [0.1, 0.15) is 16.1 Å². The van der Waals surface area contributed by atoms with Gasteiger partial charge in [0.25, 0.3) is 11.5 Å². The van der Waals surface area contributed by atoms with Crippen LogP contribution in [0, 0.1) is 6.92 Å². The highest BCUT2D eigenvalue weighted by Crippen LogP contribution is 2.17. The second-order valence-corrected chi connectivity index (χ2v) is 5.83. The van der Waals surface area contributed by atoms with Crippen molar-refractivity contribution < 1.29 is 9.59 Å². The third kappa shape index (κ3) is 4.96. The van der Waals surface area contributed by atoms with Crippen molar-refractivity contribution >= 4 is 23.6 Å². The van der Waals surface area contributed by atoms with Gasteiger partial charge in [-0.3, -0.25) is 25.2 Å². The number of hydrazine groups is 1. The van der Waals surface area contributed by atoms with Gasteiger partial charge in [0.05, 0.1) is 5.75 Å². The van der Waals surface area contributed by atoms with Crippen LogP contribution in [0.5, 0.6) is 0 Å². The van der Waals surface area contributed by atoms with Gasteiger partial charge in [-0.2, -0.15) is 5.10 Å². The molecule has 0 aliphatic rings. The Morgan fingerprint density at radius 1 is 1.13 bits per heavy atom. The number of benzene rings is 1. The van der Waals surface area contributed by atoms with Crippen molar-refractivity contribution in [1.82, 2.24) is 20.6 Å². The minimum atomic E-state index is -0.589. The summed E-state index contributed by atoms with van der Waals surface area (Å²) in [5.74, 6) is -0.757. The van der Waals surface area contributed by atoms with Gasteiger partial charge < -0.3 is 0 Å². The molecular formula is C15H16N4O3S. The van der Waals surface area contributed by atoms with Gasteiger partial charge in [0.1, 0.15) is 0 Å². The minimum Gasteiger partial charge on any atom is -0.272 e. The van der Waals surface area contributed by atoms with Gasteiger partial charge in [0.15, 0.2) is 5.69 Å². The topological polar surface area (TPSA) is 93.1 Å². The summed E-state index contributed by atoms with van der Waals surface area (Å²) in [5.41, 5.74) is 5.44. The van der Waals surface area contributed by atoms with Crippen molar-refractivity contribution in [2.45, 2.75) is 11.8 Å². The predicted octanol–water partition coefficient (Wildman–Crippen LogP) is 0.642. The van der Waals surface area contributed by atoms with Gasteiger partial charge in [-0.25, -0.2) is 4.68 Å². The van der Waals surface area contributed by atoms with Gasteiger partial charge in [-0.15, -0.1) is 11.8 Å². The van der Waals surface area contributed by atoms with E-state index >= 15 is 0 Å². The summed E-state index contributed by atoms with van der Waals surface area (Å²) in [6.45, 7) is 1.99. The van der Waals surface area contributed by atoms with E-state index in [1.54, 1.807) is 0 Å². The number of amides is 2. The Labute approximate surface area is 137 Å². The van der Waals surface area contributed by atoms with E-state index in [1.807, 2.05) is 31.2 Å². The van der Waals surface area contributed by atoms with Crippen LogP contribution in [0.25, 0.3) is 0 Å². The van der Waals surface area contributed by atoms with Crippen molar-refractivity contribution in [3.63, 3.8) is 0 Å². The molecule has 8 heteroatoms. The van der Waals surface area contributed by atoms with Crippen molar-refractivity contribution in [3.05, 3.63) is 58.0 Å². The van der Waals surface area contributed by atoms with Crippen molar-refractivity contribution in [2.24, 2.45) is 7.05 Å². The molecule has 2 aromatic rings. The zero-order chi connectivity index (χ0) is 16.8. The molecule has 0 radical (unpaired) electrons. The third-order valence-electron chi connectivity index (χ3n) is 2.90. The minimum absolute atomic E-state index is 0.0404. The van der Waals surface area contributed by atoms with Crippen LogP contribution in [0.4, 0.5) is 0 Å². The maximum Gasteiger partial charge on any atom is 0.290 e. The molecule has 0 spiro atoms. The van der Waals surface area contributed by atoms with Gasteiger partial charge in [-0.05, 0) is 25.1 Å². The molecule has 120 valence electrons. The maximum absolute atomic E-state index is 11.8. The molecule has 1 aromatic heterocycles. The molecule has 0 aliphatic carbocycles. The average Bonchev–Trinajstić information content (AvgIpc) is 2.54. The summed E-state index contributed by atoms with van der Waals surface area (Å²) < 4.78 is 1.05. The molecule has 0 atom stereocenters. The second-order valence-electron chi connectivity index (χ2n) is 4.78. The van der Waals surface area contributed by atoms with Crippen LogP contribution < -0.4 is 16.4 Å². The monoisotopic (exact) mass is 332 g/mol. The van der Waals surface area contributed by atoms with Gasteiger partial charge in [0.2, 0.25) is 5.91 Å². The summed E-state index contributed by atoms with van der Waals surface area (Å²) in [7, 11) is 1.44. The number of aryl methyl sites for hydroxylation is 2. The normalized spacial score (nSPS) is 10.2. The van der Waals surface area contributed by atoms with E-state index in [9.17, 15) is 14.4 Å². The standard InChI is InChI=1S/C15H16N4O3S/c1-10-3-5-11(6-4-10)23-9-13(20)16-17-15(22)12-7-8-14(21)19(2)18-12/h3-8H,9H2,1-2H3,(H,16,20)(H,17,22). The fourth-order valence-electron chi connectivity index (χ4n) is 1.63. The number of rotatable bonds is 4. The van der Waals surface area contributed by atoms with E-state index in [4.69, 9.17) is 0 Å². The summed E-state index contributed by atoms with van der Waals surface area (Å²) in [5, 5.41) is 3.79. The summed E-state index contributed by atoms with van der Waals surface area (Å²) in [6, 6.07) is 10.3. The first kappa shape index (κ1) is 16.8.